The fraction of sp³-hybridized carbons (Fsp3) is 0.357. The summed E-state index contributed by atoms with van der Waals surface area (Å²) in [6.45, 7) is 3.92. The number of amides is 3. The van der Waals surface area contributed by atoms with E-state index in [2.05, 4.69) is 20.2 Å². The number of carbonyl (C=O) groups is 3. The second kappa shape index (κ2) is 16.3. The predicted molar refractivity (Wildman–Crippen MR) is 205 cm³/mol. The maximum absolute atomic E-state index is 14.3. The molecule has 3 aliphatic rings. The molecule has 4 atom stereocenters. The second-order valence-electron chi connectivity index (χ2n) is 14.3. The van der Waals surface area contributed by atoms with Crippen LogP contribution in [-0.2, 0) is 19.1 Å². The number of rotatable bonds is 10. The molecule has 3 aromatic carbocycles. The number of aromatic amines is 2. The molecule has 13 nitrogen and oxygen atoms in total. The molecule has 3 amide bonds. The number of carbonyl (C=O) groups excluding carboxylic acids is 3. The Labute approximate surface area is 320 Å². The number of nitrogens with zero attached hydrogens (tertiary/aromatic N) is 5. The van der Waals surface area contributed by atoms with Crippen molar-refractivity contribution in [2.45, 2.75) is 49.9 Å². The number of ether oxygens (including phenoxy) is 2. The Balaban J connectivity index is 0.959. The molecule has 3 fully saturated rings. The standard InChI is InChI=1S/C42H46N8O5/c1-54-42(53)47-36(30-10-4-2-5-11-30)40(51)49-20-8-14-34(49)38-43-26-32(45-38)28-16-18-29(19-17-28)33-27-44-39(46-33)35-15-9-21-50(35)41(52)37(31-12-6-3-7-13-31)48-22-24-55-25-23-48/h2-7,10-13,16-19,26-27,34-37H,8-9,14-15,20-25H2,1H3,(H,43,45)(H,44,46)(H,47,53)/t34-,35-,36+,37+/m0/s1. The van der Waals surface area contributed by atoms with Crippen LogP contribution in [0.5, 0.6) is 0 Å². The number of alkyl carbamates (subject to hydrolysis) is 1. The molecule has 13 heteroatoms. The van der Waals surface area contributed by atoms with Crippen LogP contribution < -0.4 is 5.32 Å². The number of benzene rings is 3. The topological polar surface area (TPSA) is 149 Å². The molecule has 0 unspecified atom stereocenters. The van der Waals surface area contributed by atoms with Gasteiger partial charge in [-0.25, -0.2) is 14.8 Å². The number of morpholine rings is 1. The molecule has 0 aliphatic carbocycles. The van der Waals surface area contributed by atoms with Crippen molar-refractivity contribution in [2.24, 2.45) is 0 Å². The van der Waals surface area contributed by atoms with Gasteiger partial charge in [-0.3, -0.25) is 14.5 Å². The molecule has 8 rings (SSSR count). The van der Waals surface area contributed by atoms with Gasteiger partial charge in [0.1, 0.15) is 23.7 Å². The van der Waals surface area contributed by atoms with E-state index in [0.717, 1.165) is 59.6 Å². The van der Waals surface area contributed by atoms with Crippen LogP contribution >= 0.6 is 0 Å². The second-order valence-corrected chi connectivity index (χ2v) is 14.3. The van der Waals surface area contributed by atoms with Crippen LogP contribution in [0, 0.1) is 0 Å². The van der Waals surface area contributed by atoms with E-state index in [1.54, 1.807) is 11.1 Å². The molecule has 0 saturated carbocycles. The summed E-state index contributed by atoms with van der Waals surface area (Å²) >= 11 is 0. The smallest absolute Gasteiger partial charge is 0.407 e. The van der Waals surface area contributed by atoms with Crippen molar-refractivity contribution in [3.05, 3.63) is 120 Å². The fourth-order valence-electron chi connectivity index (χ4n) is 8.18. The molecule has 55 heavy (non-hydrogen) atoms. The van der Waals surface area contributed by atoms with E-state index in [4.69, 9.17) is 19.4 Å². The Kier molecular flexibility index (Phi) is 10.7. The summed E-state index contributed by atoms with van der Waals surface area (Å²) in [5.74, 6) is 1.39. The van der Waals surface area contributed by atoms with Gasteiger partial charge < -0.3 is 34.6 Å². The van der Waals surface area contributed by atoms with Gasteiger partial charge in [0.2, 0.25) is 5.91 Å². The molecule has 0 spiro atoms. The molecule has 3 N–H and O–H groups in total. The molecule has 3 aliphatic heterocycles. The summed E-state index contributed by atoms with van der Waals surface area (Å²) in [4.78, 5) is 63.0. The zero-order valence-electron chi connectivity index (χ0n) is 30.9. The van der Waals surface area contributed by atoms with Crippen LogP contribution in [0.15, 0.2) is 97.3 Å². The number of likely N-dealkylation sites (tertiary alicyclic amines) is 2. The van der Waals surface area contributed by atoms with Gasteiger partial charge in [0.05, 0.1) is 56.2 Å². The predicted octanol–water partition coefficient (Wildman–Crippen LogP) is 5.96. The highest BCUT2D eigenvalue weighted by Gasteiger charge is 2.40. The highest BCUT2D eigenvalue weighted by Crippen LogP contribution is 2.37. The Morgan fingerprint density at radius 1 is 0.709 bits per heavy atom. The lowest BCUT2D eigenvalue weighted by molar-refractivity contribution is -0.140. The monoisotopic (exact) mass is 742 g/mol. The maximum atomic E-state index is 14.3. The number of hydrogen-bond acceptors (Lipinski definition) is 8. The minimum atomic E-state index is -0.877. The Hall–Kier alpha value is -5.79. The number of hydrogen-bond donors (Lipinski definition) is 3. The lowest BCUT2D eigenvalue weighted by Crippen LogP contribution is -2.47. The van der Waals surface area contributed by atoms with Gasteiger partial charge in [0.15, 0.2) is 0 Å². The lowest BCUT2D eigenvalue weighted by Gasteiger charge is -2.37. The maximum Gasteiger partial charge on any atom is 0.407 e. The van der Waals surface area contributed by atoms with Crippen LogP contribution in [0.1, 0.15) is 72.6 Å². The van der Waals surface area contributed by atoms with E-state index in [1.165, 1.54) is 7.11 Å². The minimum absolute atomic E-state index is 0.107. The van der Waals surface area contributed by atoms with Crippen molar-refractivity contribution in [3.63, 3.8) is 0 Å². The highest BCUT2D eigenvalue weighted by molar-refractivity contribution is 5.87. The Morgan fingerprint density at radius 2 is 1.22 bits per heavy atom. The Bertz CT molecular complexity index is 2080. The van der Waals surface area contributed by atoms with E-state index in [1.807, 2.05) is 96.0 Å². The van der Waals surface area contributed by atoms with Crippen LogP contribution in [0.3, 0.4) is 0 Å². The average Bonchev–Trinajstić information content (AvgIpc) is 4.08. The van der Waals surface area contributed by atoms with E-state index >= 15 is 0 Å². The third kappa shape index (κ3) is 7.62. The summed E-state index contributed by atoms with van der Waals surface area (Å²) < 4.78 is 10.4. The molecule has 5 aromatic rings. The van der Waals surface area contributed by atoms with E-state index in [-0.39, 0.29) is 29.9 Å². The van der Waals surface area contributed by atoms with Gasteiger partial charge in [-0.2, -0.15) is 0 Å². The number of imidazole rings is 2. The van der Waals surface area contributed by atoms with Crippen LogP contribution in [0.2, 0.25) is 0 Å². The number of methoxy groups -OCH3 is 1. The van der Waals surface area contributed by atoms with Crippen molar-refractivity contribution >= 4 is 17.9 Å². The first kappa shape index (κ1) is 36.2. The molecule has 284 valence electrons. The third-order valence-corrected chi connectivity index (χ3v) is 11.0. The largest absolute Gasteiger partial charge is 0.453 e. The molecule has 3 saturated heterocycles. The van der Waals surface area contributed by atoms with Gasteiger partial charge in [-0.15, -0.1) is 0 Å². The molecule has 5 heterocycles. The van der Waals surface area contributed by atoms with Gasteiger partial charge >= 0.3 is 6.09 Å². The molecule has 0 radical (unpaired) electrons. The minimum Gasteiger partial charge on any atom is -0.453 e. The van der Waals surface area contributed by atoms with Crippen molar-refractivity contribution < 1.29 is 23.9 Å². The van der Waals surface area contributed by atoms with Crippen LogP contribution in [-0.4, -0.2) is 99.0 Å². The van der Waals surface area contributed by atoms with Gasteiger partial charge in [-0.1, -0.05) is 84.9 Å². The summed E-state index contributed by atoms with van der Waals surface area (Å²) in [6.07, 6.45) is 6.32. The average molecular weight is 743 g/mol. The zero-order chi connectivity index (χ0) is 37.7. The summed E-state index contributed by atoms with van der Waals surface area (Å²) in [5.41, 5.74) is 5.34. The van der Waals surface area contributed by atoms with Crippen molar-refractivity contribution in [2.75, 3.05) is 46.5 Å². The molecule has 0 bridgehead atoms. The molecule has 2 aromatic heterocycles. The van der Waals surface area contributed by atoms with E-state index < -0.39 is 12.1 Å². The van der Waals surface area contributed by atoms with Gasteiger partial charge in [0, 0.05) is 26.2 Å². The first-order chi connectivity index (χ1) is 27.0. The first-order valence-electron chi connectivity index (χ1n) is 19.1. The number of H-pyrrole nitrogens is 2. The third-order valence-electron chi connectivity index (χ3n) is 11.0. The fourth-order valence-corrected chi connectivity index (χ4v) is 8.18. The first-order valence-corrected chi connectivity index (χ1v) is 19.1. The quantitative estimate of drug-likeness (QED) is 0.159. The molecular formula is C42H46N8O5. The molecular weight excluding hydrogens is 697 g/mol. The summed E-state index contributed by atoms with van der Waals surface area (Å²) in [5, 5.41) is 2.72. The normalized spacial score (nSPS) is 19.9. The van der Waals surface area contributed by atoms with E-state index in [9.17, 15) is 14.4 Å². The van der Waals surface area contributed by atoms with Crippen molar-refractivity contribution in [3.8, 4) is 22.5 Å². The lowest BCUT2D eigenvalue weighted by atomic mass is 10.0. The number of aromatic nitrogens is 4. The zero-order valence-corrected chi connectivity index (χ0v) is 30.9. The van der Waals surface area contributed by atoms with Crippen LogP contribution in [0.25, 0.3) is 22.5 Å². The highest BCUT2D eigenvalue weighted by atomic mass is 16.5. The summed E-state index contributed by atoms with van der Waals surface area (Å²) in [6, 6.07) is 25.8. The van der Waals surface area contributed by atoms with Crippen molar-refractivity contribution in [1.82, 2.24) is 40.0 Å². The summed E-state index contributed by atoms with van der Waals surface area (Å²) in [7, 11) is 1.28. The van der Waals surface area contributed by atoms with Gasteiger partial charge in [-0.05, 0) is 47.9 Å². The Morgan fingerprint density at radius 3 is 1.75 bits per heavy atom. The van der Waals surface area contributed by atoms with Gasteiger partial charge in [0.25, 0.3) is 5.91 Å². The van der Waals surface area contributed by atoms with Crippen molar-refractivity contribution in [1.29, 1.82) is 0 Å². The van der Waals surface area contributed by atoms with E-state index in [0.29, 0.717) is 50.8 Å². The van der Waals surface area contributed by atoms with Crippen LogP contribution in [0.4, 0.5) is 4.79 Å². The number of nitrogens with one attached hydrogen (secondary N) is 3. The SMILES string of the molecule is COC(=O)N[C@@H](C(=O)N1CCC[C@H]1c1ncc(-c2ccc(-c3cnc([C@@H]4CCCN4C(=O)[C@@H](c4ccccc4)N4CCOCC4)[nH]3)cc2)[nH]1)c1ccccc1.